The summed E-state index contributed by atoms with van der Waals surface area (Å²) in [5.41, 5.74) is 1.16. The average molecular weight is 359 g/mol. The molecule has 2 aromatic heterocycles. The highest BCUT2D eigenvalue weighted by Gasteiger charge is 2.44. The second kappa shape index (κ2) is 7.02. The van der Waals surface area contributed by atoms with Gasteiger partial charge in [0.1, 0.15) is 0 Å². The highest BCUT2D eigenvalue weighted by Crippen LogP contribution is 2.38. The molecule has 5 nitrogen and oxygen atoms in total. The fraction of sp³-hybridized carbons (Fsp3) is 0.579. The number of aromatic nitrogens is 2. The van der Waals surface area contributed by atoms with Crippen LogP contribution in [0.5, 0.6) is 0 Å². The molecule has 4 rings (SSSR count). The maximum atomic E-state index is 6.33. The Hall–Kier alpha value is -1.50. The minimum Gasteiger partial charge on any atom is -0.373 e. The summed E-state index contributed by atoms with van der Waals surface area (Å²) >= 11 is 1.83. The molecule has 25 heavy (non-hydrogen) atoms. The Morgan fingerprint density at radius 2 is 2.08 bits per heavy atom. The lowest BCUT2D eigenvalue weighted by molar-refractivity contribution is -0.0159. The van der Waals surface area contributed by atoms with Crippen molar-refractivity contribution in [1.29, 1.82) is 0 Å². The highest BCUT2D eigenvalue weighted by molar-refractivity contribution is 7.09. The number of thiophene rings is 1. The van der Waals surface area contributed by atoms with Crippen LogP contribution in [0.1, 0.15) is 29.7 Å². The van der Waals surface area contributed by atoms with Crippen molar-refractivity contribution in [2.24, 2.45) is 0 Å². The van der Waals surface area contributed by atoms with Gasteiger partial charge < -0.3 is 9.64 Å². The van der Waals surface area contributed by atoms with E-state index in [-0.39, 0.29) is 5.60 Å². The van der Waals surface area contributed by atoms with Gasteiger partial charge in [0.25, 0.3) is 0 Å². The van der Waals surface area contributed by atoms with Crippen LogP contribution in [0.3, 0.4) is 0 Å². The monoisotopic (exact) mass is 358 g/mol. The highest BCUT2D eigenvalue weighted by atomic mass is 32.1. The van der Waals surface area contributed by atoms with Crippen molar-refractivity contribution in [2.75, 3.05) is 31.6 Å². The molecule has 134 valence electrons. The molecule has 1 atom stereocenters. The maximum Gasteiger partial charge on any atom is 0.225 e. The number of anilines is 1. The van der Waals surface area contributed by atoms with Gasteiger partial charge in [-0.25, -0.2) is 9.97 Å². The Balaban J connectivity index is 1.33. The first kappa shape index (κ1) is 16.9. The third kappa shape index (κ3) is 3.71. The van der Waals surface area contributed by atoms with Crippen molar-refractivity contribution < 1.29 is 4.74 Å². The summed E-state index contributed by atoms with van der Waals surface area (Å²) < 4.78 is 6.33. The van der Waals surface area contributed by atoms with E-state index in [9.17, 15) is 0 Å². The summed E-state index contributed by atoms with van der Waals surface area (Å²) in [6, 6.07) is 4.86. The van der Waals surface area contributed by atoms with Gasteiger partial charge in [-0.15, -0.1) is 11.3 Å². The minimum atomic E-state index is 0.0512. The molecule has 2 aliphatic rings. The zero-order valence-electron chi connectivity index (χ0n) is 15.0. The third-order valence-electron chi connectivity index (χ3n) is 5.52. The summed E-state index contributed by atoms with van der Waals surface area (Å²) in [6.45, 7) is 5.84. The van der Waals surface area contributed by atoms with E-state index in [4.69, 9.17) is 4.74 Å². The lowest BCUT2D eigenvalue weighted by Gasteiger charge is -2.39. The zero-order valence-corrected chi connectivity index (χ0v) is 15.8. The summed E-state index contributed by atoms with van der Waals surface area (Å²) in [4.78, 5) is 15.1. The molecule has 0 amide bonds. The molecule has 2 aromatic rings. The SMILES string of the molecule is Cc1cnc(N2CCC3(CC2)C[C@H](N(C)Cc2cccs2)CO3)nc1. The van der Waals surface area contributed by atoms with Crippen LogP contribution < -0.4 is 4.90 Å². The lowest BCUT2D eigenvalue weighted by atomic mass is 9.87. The number of hydrogen-bond acceptors (Lipinski definition) is 6. The predicted octanol–water partition coefficient (Wildman–Crippen LogP) is 3.11. The van der Waals surface area contributed by atoms with Gasteiger partial charge >= 0.3 is 0 Å². The number of nitrogens with zero attached hydrogens (tertiary/aromatic N) is 4. The molecule has 0 aliphatic carbocycles. The first-order valence-electron chi connectivity index (χ1n) is 9.04. The van der Waals surface area contributed by atoms with Crippen molar-refractivity contribution >= 4 is 17.3 Å². The van der Waals surface area contributed by atoms with Crippen LogP contribution in [0.25, 0.3) is 0 Å². The van der Waals surface area contributed by atoms with Crippen molar-refractivity contribution in [3.63, 3.8) is 0 Å². The van der Waals surface area contributed by atoms with E-state index in [1.165, 1.54) is 4.88 Å². The second-order valence-corrected chi connectivity index (χ2v) is 8.43. The van der Waals surface area contributed by atoms with Gasteiger partial charge in [0.05, 0.1) is 12.2 Å². The first-order valence-corrected chi connectivity index (χ1v) is 9.92. The van der Waals surface area contributed by atoms with Gasteiger partial charge in [-0.05, 0) is 50.2 Å². The molecule has 0 bridgehead atoms. The normalized spacial score (nSPS) is 22.8. The Bertz CT molecular complexity index is 680. The maximum absolute atomic E-state index is 6.33. The van der Waals surface area contributed by atoms with E-state index in [2.05, 4.69) is 44.3 Å². The van der Waals surface area contributed by atoms with E-state index in [0.717, 1.165) is 57.0 Å². The Morgan fingerprint density at radius 3 is 2.76 bits per heavy atom. The van der Waals surface area contributed by atoms with Crippen LogP contribution in [-0.4, -0.2) is 53.3 Å². The average Bonchev–Trinajstić information content (AvgIpc) is 3.27. The first-order chi connectivity index (χ1) is 12.1. The lowest BCUT2D eigenvalue weighted by Crippen LogP contribution is -2.45. The molecule has 6 heteroatoms. The van der Waals surface area contributed by atoms with Crippen LogP contribution in [0.4, 0.5) is 5.95 Å². The van der Waals surface area contributed by atoms with E-state index >= 15 is 0 Å². The summed E-state index contributed by atoms with van der Waals surface area (Å²) in [7, 11) is 2.22. The molecule has 0 radical (unpaired) electrons. The molecule has 2 fully saturated rings. The molecule has 0 aromatic carbocycles. The van der Waals surface area contributed by atoms with Crippen molar-refractivity contribution in [3.8, 4) is 0 Å². The number of hydrogen-bond donors (Lipinski definition) is 0. The number of ether oxygens (including phenoxy) is 1. The number of aryl methyl sites for hydroxylation is 1. The van der Waals surface area contributed by atoms with Crippen molar-refractivity contribution in [1.82, 2.24) is 14.9 Å². The molecule has 0 unspecified atom stereocenters. The molecule has 2 aliphatic heterocycles. The Morgan fingerprint density at radius 1 is 1.32 bits per heavy atom. The van der Waals surface area contributed by atoms with E-state index in [1.807, 2.05) is 30.7 Å². The summed E-state index contributed by atoms with van der Waals surface area (Å²) in [5.74, 6) is 0.852. The number of piperidine rings is 1. The number of likely N-dealkylation sites (N-methyl/N-ethyl adjacent to an activating group) is 1. The molecule has 0 N–H and O–H groups in total. The van der Waals surface area contributed by atoms with Crippen molar-refractivity contribution in [2.45, 2.75) is 44.4 Å². The molecule has 0 saturated carbocycles. The zero-order chi connectivity index (χ0) is 17.3. The largest absolute Gasteiger partial charge is 0.373 e. The number of rotatable bonds is 4. The minimum absolute atomic E-state index is 0.0512. The fourth-order valence-electron chi connectivity index (χ4n) is 3.89. The summed E-state index contributed by atoms with van der Waals surface area (Å²) in [6.07, 6.45) is 7.06. The van der Waals surface area contributed by atoms with Crippen LogP contribution in [0.15, 0.2) is 29.9 Å². The Kier molecular flexibility index (Phi) is 4.75. The van der Waals surface area contributed by atoms with Crippen LogP contribution in [0.2, 0.25) is 0 Å². The molecule has 2 saturated heterocycles. The summed E-state index contributed by atoms with van der Waals surface area (Å²) in [5, 5.41) is 2.15. The van der Waals surface area contributed by atoms with Gasteiger partial charge in [0, 0.05) is 42.9 Å². The fourth-order valence-corrected chi connectivity index (χ4v) is 4.66. The van der Waals surface area contributed by atoms with E-state index < -0.39 is 0 Å². The molecular weight excluding hydrogens is 332 g/mol. The van der Waals surface area contributed by atoms with Crippen LogP contribution >= 0.6 is 11.3 Å². The Labute approximate surface area is 153 Å². The smallest absolute Gasteiger partial charge is 0.225 e. The van der Waals surface area contributed by atoms with Crippen molar-refractivity contribution in [3.05, 3.63) is 40.3 Å². The quantitative estimate of drug-likeness (QED) is 0.840. The van der Waals surface area contributed by atoms with Gasteiger partial charge in [0.2, 0.25) is 5.95 Å². The molecular formula is C19H26N4OS. The van der Waals surface area contributed by atoms with E-state index in [1.54, 1.807) is 0 Å². The molecule has 1 spiro atoms. The third-order valence-corrected chi connectivity index (χ3v) is 6.38. The van der Waals surface area contributed by atoms with Gasteiger partial charge in [-0.3, -0.25) is 4.90 Å². The second-order valence-electron chi connectivity index (χ2n) is 7.39. The van der Waals surface area contributed by atoms with Gasteiger partial charge in [-0.2, -0.15) is 0 Å². The standard InChI is InChI=1S/C19H26N4OS/c1-15-11-20-18(21-12-15)23-7-5-19(6-8-23)10-16(14-24-19)22(2)13-17-4-3-9-25-17/h3-4,9,11-12,16H,5-8,10,13-14H2,1-2H3/t16-/m0/s1. The van der Waals surface area contributed by atoms with Crippen LogP contribution in [0, 0.1) is 6.92 Å². The van der Waals surface area contributed by atoms with Gasteiger partial charge in [-0.1, -0.05) is 6.07 Å². The van der Waals surface area contributed by atoms with Crippen LogP contribution in [-0.2, 0) is 11.3 Å². The molecule has 4 heterocycles. The van der Waals surface area contributed by atoms with E-state index in [0.29, 0.717) is 6.04 Å². The van der Waals surface area contributed by atoms with Gasteiger partial charge in [0.15, 0.2) is 0 Å². The topological polar surface area (TPSA) is 41.5 Å². The predicted molar refractivity (Wildman–Crippen MR) is 101 cm³/mol.